The molecule has 0 unspecified atom stereocenters. The van der Waals surface area contributed by atoms with Crippen LogP contribution in [0.4, 0.5) is 0 Å². The van der Waals surface area contributed by atoms with Crippen molar-refractivity contribution in [1.29, 1.82) is 0 Å². The first-order valence-electron chi connectivity index (χ1n) is 9.38. The second-order valence-electron chi connectivity index (χ2n) is 7.00. The van der Waals surface area contributed by atoms with Crippen LogP contribution in [0.5, 0.6) is 0 Å². The number of amides is 1. The van der Waals surface area contributed by atoms with Gasteiger partial charge < -0.3 is 9.32 Å². The molecule has 1 aliphatic rings. The minimum absolute atomic E-state index is 0.00605. The number of hydrogen-bond donors (Lipinski definition) is 0. The van der Waals surface area contributed by atoms with Crippen LogP contribution in [0.1, 0.15) is 44.2 Å². The molecule has 0 saturated carbocycles. The first-order chi connectivity index (χ1) is 12.6. The highest BCUT2D eigenvalue weighted by Gasteiger charge is 2.20. The smallest absolute Gasteiger partial charge is 0.291 e. The maximum absolute atomic E-state index is 12.9. The first kappa shape index (κ1) is 16.9. The third-order valence-corrected chi connectivity index (χ3v) is 5.12. The zero-order chi connectivity index (χ0) is 18.3. The number of aryl methyl sites for hydroxylation is 2. The quantitative estimate of drug-likeness (QED) is 0.723. The van der Waals surface area contributed by atoms with Gasteiger partial charge in [-0.2, -0.15) is 5.10 Å². The highest BCUT2D eigenvalue weighted by molar-refractivity contribution is 5.83. The standard InChI is InChI=1S/C19H24N4O3/c1-3-17-20-22(12-18(24)21-8-6-4-5-7-9-21)19(25)15-11-16-14(23(15)17)10-13(2)26-16/h10-11H,3-9,12H2,1-2H3. The monoisotopic (exact) mass is 356 g/mol. The van der Waals surface area contributed by atoms with Gasteiger partial charge in [-0.3, -0.25) is 14.0 Å². The number of carbonyl (C=O) groups is 1. The Morgan fingerprint density at radius 2 is 1.88 bits per heavy atom. The molecule has 7 heteroatoms. The molecule has 0 aromatic carbocycles. The van der Waals surface area contributed by atoms with Crippen molar-refractivity contribution in [3.63, 3.8) is 0 Å². The van der Waals surface area contributed by atoms with E-state index in [2.05, 4.69) is 5.10 Å². The van der Waals surface area contributed by atoms with E-state index in [1.807, 2.05) is 29.2 Å². The Morgan fingerprint density at radius 3 is 2.58 bits per heavy atom. The number of hydrogen-bond acceptors (Lipinski definition) is 4. The molecule has 7 nitrogen and oxygen atoms in total. The summed E-state index contributed by atoms with van der Waals surface area (Å²) in [6.07, 6.45) is 5.04. The van der Waals surface area contributed by atoms with Crippen molar-refractivity contribution < 1.29 is 9.21 Å². The number of carbonyl (C=O) groups excluding carboxylic acids is 1. The van der Waals surface area contributed by atoms with Crippen molar-refractivity contribution in [2.75, 3.05) is 13.1 Å². The second kappa shape index (κ2) is 6.63. The summed E-state index contributed by atoms with van der Waals surface area (Å²) in [6, 6.07) is 3.66. The van der Waals surface area contributed by atoms with Gasteiger partial charge in [-0.25, -0.2) is 4.68 Å². The molecule has 0 atom stereocenters. The average molecular weight is 356 g/mol. The fourth-order valence-electron chi connectivity index (χ4n) is 3.80. The van der Waals surface area contributed by atoms with Gasteiger partial charge >= 0.3 is 0 Å². The number of nitrogens with zero attached hydrogens (tertiary/aromatic N) is 4. The van der Waals surface area contributed by atoms with Gasteiger partial charge in [0.25, 0.3) is 5.56 Å². The van der Waals surface area contributed by atoms with Crippen LogP contribution < -0.4 is 5.56 Å². The van der Waals surface area contributed by atoms with Crippen LogP contribution in [0.2, 0.25) is 0 Å². The van der Waals surface area contributed by atoms with E-state index in [0.29, 0.717) is 17.5 Å². The summed E-state index contributed by atoms with van der Waals surface area (Å²) in [7, 11) is 0. The van der Waals surface area contributed by atoms with E-state index < -0.39 is 0 Å². The molecule has 1 amide bonds. The van der Waals surface area contributed by atoms with E-state index in [-0.39, 0.29) is 18.0 Å². The lowest BCUT2D eigenvalue weighted by Crippen LogP contribution is -2.38. The third-order valence-electron chi connectivity index (χ3n) is 5.12. The van der Waals surface area contributed by atoms with Gasteiger partial charge in [0.2, 0.25) is 5.91 Å². The summed E-state index contributed by atoms with van der Waals surface area (Å²) in [5, 5.41) is 4.49. The Morgan fingerprint density at radius 1 is 1.15 bits per heavy atom. The number of aromatic nitrogens is 3. The van der Waals surface area contributed by atoms with Crippen LogP contribution in [0.25, 0.3) is 16.6 Å². The van der Waals surface area contributed by atoms with Gasteiger partial charge in [0, 0.05) is 31.6 Å². The van der Waals surface area contributed by atoms with Crippen LogP contribution in [-0.2, 0) is 17.8 Å². The van der Waals surface area contributed by atoms with Gasteiger partial charge in [0.1, 0.15) is 23.6 Å². The van der Waals surface area contributed by atoms with Crippen molar-refractivity contribution in [2.45, 2.75) is 52.5 Å². The predicted octanol–water partition coefficient (Wildman–Crippen LogP) is 2.52. The second-order valence-corrected chi connectivity index (χ2v) is 7.00. The normalized spacial score (nSPS) is 15.7. The molecule has 3 aromatic rings. The molecule has 3 aromatic heterocycles. The number of rotatable bonds is 3. The molecule has 1 aliphatic heterocycles. The van der Waals surface area contributed by atoms with Crippen molar-refractivity contribution >= 4 is 22.5 Å². The highest BCUT2D eigenvalue weighted by atomic mass is 16.3. The number of fused-ring (bicyclic) bond motifs is 3. The largest absolute Gasteiger partial charge is 0.460 e. The van der Waals surface area contributed by atoms with Crippen LogP contribution >= 0.6 is 0 Å². The zero-order valence-electron chi connectivity index (χ0n) is 15.3. The van der Waals surface area contributed by atoms with Gasteiger partial charge in [-0.1, -0.05) is 19.8 Å². The van der Waals surface area contributed by atoms with E-state index in [0.717, 1.165) is 55.9 Å². The number of furan rings is 1. The fourth-order valence-corrected chi connectivity index (χ4v) is 3.80. The summed E-state index contributed by atoms with van der Waals surface area (Å²) in [5.41, 5.74) is 1.78. The van der Waals surface area contributed by atoms with Crippen molar-refractivity contribution in [1.82, 2.24) is 19.1 Å². The van der Waals surface area contributed by atoms with Gasteiger partial charge in [0.05, 0.1) is 5.52 Å². The Hall–Kier alpha value is -2.57. The summed E-state index contributed by atoms with van der Waals surface area (Å²) >= 11 is 0. The molecule has 1 fully saturated rings. The lowest BCUT2D eigenvalue weighted by atomic mass is 10.2. The fraction of sp³-hybridized carbons (Fsp3) is 0.526. The SMILES string of the molecule is CCc1nn(CC(=O)N2CCCCCC2)c(=O)c2cc3oc(C)cc3n12. The van der Waals surface area contributed by atoms with Gasteiger partial charge in [-0.05, 0) is 19.8 Å². The Bertz CT molecular complexity index is 1020. The van der Waals surface area contributed by atoms with E-state index >= 15 is 0 Å². The molecular formula is C19H24N4O3. The molecule has 0 spiro atoms. The summed E-state index contributed by atoms with van der Waals surface area (Å²) in [4.78, 5) is 27.4. The molecule has 0 aliphatic carbocycles. The molecule has 0 bridgehead atoms. The lowest BCUT2D eigenvalue weighted by molar-refractivity contribution is -0.132. The van der Waals surface area contributed by atoms with E-state index in [4.69, 9.17) is 4.42 Å². The summed E-state index contributed by atoms with van der Waals surface area (Å²) in [5.74, 6) is 1.52. The first-order valence-corrected chi connectivity index (χ1v) is 9.38. The maximum atomic E-state index is 12.9. The van der Waals surface area contributed by atoms with Crippen LogP contribution in [0.3, 0.4) is 0 Å². The van der Waals surface area contributed by atoms with Crippen LogP contribution in [0, 0.1) is 6.92 Å². The summed E-state index contributed by atoms with van der Waals surface area (Å²) < 4.78 is 8.83. The summed E-state index contributed by atoms with van der Waals surface area (Å²) in [6.45, 7) is 5.41. The molecular weight excluding hydrogens is 332 g/mol. The highest BCUT2D eigenvalue weighted by Crippen LogP contribution is 2.23. The predicted molar refractivity (Wildman–Crippen MR) is 98.4 cm³/mol. The lowest BCUT2D eigenvalue weighted by Gasteiger charge is -2.20. The minimum atomic E-state index is -0.255. The van der Waals surface area contributed by atoms with Crippen LogP contribution in [-0.4, -0.2) is 38.1 Å². The van der Waals surface area contributed by atoms with Gasteiger partial charge in [0.15, 0.2) is 5.58 Å². The third kappa shape index (κ3) is 2.81. The topological polar surface area (TPSA) is 72.8 Å². The van der Waals surface area contributed by atoms with E-state index in [1.54, 1.807) is 6.07 Å². The molecule has 0 radical (unpaired) electrons. The number of likely N-dealkylation sites (tertiary alicyclic amines) is 1. The van der Waals surface area contributed by atoms with Crippen molar-refractivity contribution in [3.8, 4) is 0 Å². The Labute approximate surface area is 151 Å². The molecule has 138 valence electrons. The van der Waals surface area contributed by atoms with Crippen molar-refractivity contribution in [3.05, 3.63) is 34.1 Å². The molecule has 1 saturated heterocycles. The van der Waals surface area contributed by atoms with Crippen LogP contribution in [0.15, 0.2) is 21.3 Å². The Kier molecular flexibility index (Phi) is 4.30. The van der Waals surface area contributed by atoms with Gasteiger partial charge in [-0.15, -0.1) is 0 Å². The average Bonchev–Trinajstić information content (AvgIpc) is 3.01. The molecule has 4 rings (SSSR count). The van der Waals surface area contributed by atoms with E-state index in [9.17, 15) is 9.59 Å². The zero-order valence-corrected chi connectivity index (χ0v) is 15.3. The Balaban J connectivity index is 1.74. The molecule has 0 N–H and O–H groups in total. The van der Waals surface area contributed by atoms with E-state index in [1.165, 1.54) is 4.68 Å². The van der Waals surface area contributed by atoms with Crippen molar-refractivity contribution in [2.24, 2.45) is 0 Å². The molecule has 26 heavy (non-hydrogen) atoms. The molecule has 4 heterocycles. The maximum Gasteiger partial charge on any atom is 0.291 e. The minimum Gasteiger partial charge on any atom is -0.460 e.